The average molecular weight is 554 g/mol. The summed E-state index contributed by atoms with van der Waals surface area (Å²) in [7, 11) is 2.08. The second kappa shape index (κ2) is 11.2. The highest BCUT2D eigenvalue weighted by atomic mass is 16.2. The predicted molar refractivity (Wildman–Crippen MR) is 160 cm³/mol. The number of rotatable bonds is 7. The predicted octanol–water partition coefficient (Wildman–Crippen LogP) is 4.32. The molecule has 11 heteroatoms. The van der Waals surface area contributed by atoms with Crippen molar-refractivity contribution in [2.75, 3.05) is 49.2 Å². The van der Waals surface area contributed by atoms with Gasteiger partial charge in [0.2, 0.25) is 5.91 Å². The second-order valence-electron chi connectivity index (χ2n) is 10.7. The summed E-state index contributed by atoms with van der Waals surface area (Å²) in [6.45, 7) is 7.11. The van der Waals surface area contributed by atoms with Crippen molar-refractivity contribution in [2.45, 2.75) is 32.9 Å². The fraction of sp³-hybridized carbons (Fsp3) is 0.367. The number of para-hydroxylation sites is 1. The van der Waals surface area contributed by atoms with Gasteiger partial charge in [-0.1, -0.05) is 6.07 Å². The minimum Gasteiger partial charge on any atom is -0.359 e. The second-order valence-corrected chi connectivity index (χ2v) is 10.7. The highest BCUT2D eigenvalue weighted by molar-refractivity contribution is 6.04. The fourth-order valence-corrected chi connectivity index (χ4v) is 5.65. The van der Waals surface area contributed by atoms with Crippen LogP contribution in [-0.2, 0) is 4.79 Å². The zero-order valence-electron chi connectivity index (χ0n) is 23.6. The number of hydrogen-bond acceptors (Lipinski definition) is 8. The van der Waals surface area contributed by atoms with Gasteiger partial charge in [0, 0.05) is 47.9 Å². The molecule has 4 aromatic rings. The Morgan fingerprint density at radius 1 is 1.05 bits per heavy atom. The molecule has 1 saturated heterocycles. The molecule has 5 heterocycles. The smallest absolute Gasteiger partial charge is 0.256 e. The maximum absolute atomic E-state index is 13.2. The molecule has 1 unspecified atom stereocenters. The first-order valence-electron chi connectivity index (χ1n) is 14.2. The van der Waals surface area contributed by atoms with E-state index in [1.54, 1.807) is 18.6 Å². The first kappa shape index (κ1) is 26.7. The highest BCUT2D eigenvalue weighted by Gasteiger charge is 2.29. The Hall–Kier alpha value is -4.51. The van der Waals surface area contributed by atoms with Gasteiger partial charge in [-0.15, -0.1) is 0 Å². The summed E-state index contributed by atoms with van der Waals surface area (Å²) in [5, 5.41) is 18.4. The Morgan fingerprint density at radius 3 is 2.61 bits per heavy atom. The van der Waals surface area contributed by atoms with E-state index in [1.165, 1.54) is 0 Å². The molecule has 2 aliphatic heterocycles. The van der Waals surface area contributed by atoms with E-state index in [0.29, 0.717) is 30.0 Å². The molecule has 2 aliphatic rings. The lowest BCUT2D eigenvalue weighted by atomic mass is 9.96. The molecule has 1 atom stereocenters. The van der Waals surface area contributed by atoms with Crippen molar-refractivity contribution >= 4 is 39.9 Å². The maximum Gasteiger partial charge on any atom is 0.256 e. The molecule has 0 aliphatic carbocycles. The molecule has 0 spiro atoms. The van der Waals surface area contributed by atoms with Crippen LogP contribution in [0.25, 0.3) is 22.2 Å². The summed E-state index contributed by atoms with van der Waals surface area (Å²) in [5.41, 5.74) is 6.03. The van der Waals surface area contributed by atoms with Crippen LogP contribution in [0.5, 0.6) is 0 Å². The molecule has 3 aromatic heterocycles. The number of benzene rings is 1. The minimum atomic E-state index is -0.323. The molecule has 1 aromatic carbocycles. The van der Waals surface area contributed by atoms with E-state index >= 15 is 0 Å². The first-order valence-corrected chi connectivity index (χ1v) is 14.2. The van der Waals surface area contributed by atoms with Gasteiger partial charge >= 0.3 is 0 Å². The summed E-state index contributed by atoms with van der Waals surface area (Å²) < 4.78 is 0. The van der Waals surface area contributed by atoms with Gasteiger partial charge in [0.25, 0.3) is 5.91 Å². The molecule has 1 fully saturated rings. The lowest BCUT2D eigenvalue weighted by Crippen LogP contribution is -2.35. The number of carbonyl (C=O) groups excluding carboxylic acids is 2. The number of pyridine rings is 2. The average Bonchev–Trinajstić information content (AvgIpc) is 3.62. The largest absolute Gasteiger partial charge is 0.359 e. The van der Waals surface area contributed by atoms with Crippen LogP contribution in [0, 0.1) is 5.92 Å². The number of nitrogens with zero attached hydrogens (tertiary/aromatic N) is 5. The zero-order chi connectivity index (χ0) is 28.5. The Kier molecular flexibility index (Phi) is 7.27. The standard InChI is InChI=1S/C30H35N9O2/c1-4-39(5-2)30(41)22-7-6-8-24-25(22)35-28(34-24)26-23-14-20(16-32-27(23)37-36-26)19-13-21(17-31-15-19)33-29(40)18-9-11-38(3)12-10-18/h6-8,13-18,28,34-35H,4-5,9-12H2,1-3H3,(H,33,40)(H,32,36,37). The Bertz CT molecular complexity index is 1590. The van der Waals surface area contributed by atoms with Crippen LogP contribution in [0.3, 0.4) is 0 Å². The maximum atomic E-state index is 13.2. The fourth-order valence-electron chi connectivity index (χ4n) is 5.65. The topological polar surface area (TPSA) is 131 Å². The molecule has 4 N–H and O–H groups in total. The monoisotopic (exact) mass is 553 g/mol. The highest BCUT2D eigenvalue weighted by Crippen LogP contribution is 2.39. The lowest BCUT2D eigenvalue weighted by Gasteiger charge is -2.28. The number of hydrogen-bond donors (Lipinski definition) is 4. The number of fused-ring (bicyclic) bond motifs is 2. The lowest BCUT2D eigenvalue weighted by molar-refractivity contribution is -0.121. The molecule has 212 valence electrons. The Morgan fingerprint density at radius 2 is 1.83 bits per heavy atom. The van der Waals surface area contributed by atoms with Crippen molar-refractivity contribution in [1.29, 1.82) is 0 Å². The third kappa shape index (κ3) is 5.20. The van der Waals surface area contributed by atoms with Crippen LogP contribution in [0.4, 0.5) is 17.1 Å². The van der Waals surface area contributed by atoms with E-state index in [2.05, 4.69) is 48.1 Å². The van der Waals surface area contributed by atoms with E-state index in [9.17, 15) is 9.59 Å². The van der Waals surface area contributed by atoms with Crippen LogP contribution < -0.4 is 16.0 Å². The van der Waals surface area contributed by atoms with Gasteiger partial charge in [0.05, 0.1) is 34.5 Å². The molecule has 0 radical (unpaired) electrons. The normalized spacial score (nSPS) is 17.1. The van der Waals surface area contributed by atoms with Crippen molar-refractivity contribution < 1.29 is 9.59 Å². The van der Waals surface area contributed by atoms with Gasteiger partial charge in [0.1, 0.15) is 6.17 Å². The van der Waals surface area contributed by atoms with Gasteiger partial charge < -0.3 is 25.8 Å². The third-order valence-electron chi connectivity index (χ3n) is 8.09. The van der Waals surface area contributed by atoms with Crippen molar-refractivity contribution in [3.8, 4) is 11.1 Å². The van der Waals surface area contributed by atoms with Gasteiger partial charge in [-0.2, -0.15) is 5.10 Å². The number of likely N-dealkylation sites (tertiary alicyclic amines) is 1. The summed E-state index contributed by atoms with van der Waals surface area (Å²) in [5.74, 6) is 0.0507. The molecule has 11 nitrogen and oxygen atoms in total. The van der Waals surface area contributed by atoms with E-state index < -0.39 is 0 Å². The number of H-pyrrole nitrogens is 1. The minimum absolute atomic E-state index is 0.00415. The zero-order valence-corrected chi connectivity index (χ0v) is 23.6. The number of piperidine rings is 1. The summed E-state index contributed by atoms with van der Waals surface area (Å²) in [6.07, 6.45) is 6.59. The Labute approximate surface area is 238 Å². The summed E-state index contributed by atoms with van der Waals surface area (Å²) >= 11 is 0. The van der Waals surface area contributed by atoms with E-state index in [4.69, 9.17) is 0 Å². The Balaban J connectivity index is 1.24. The number of aromatic nitrogens is 4. The van der Waals surface area contributed by atoms with Gasteiger partial charge in [-0.25, -0.2) is 4.98 Å². The van der Waals surface area contributed by atoms with Crippen LogP contribution in [0.1, 0.15) is 48.9 Å². The number of aromatic amines is 1. The number of carbonyl (C=O) groups is 2. The number of amides is 2. The van der Waals surface area contributed by atoms with Crippen molar-refractivity contribution in [2.24, 2.45) is 5.92 Å². The van der Waals surface area contributed by atoms with Crippen LogP contribution in [0.2, 0.25) is 0 Å². The van der Waals surface area contributed by atoms with Crippen molar-refractivity contribution in [3.63, 3.8) is 0 Å². The summed E-state index contributed by atoms with van der Waals surface area (Å²) in [4.78, 5) is 39.1. The van der Waals surface area contributed by atoms with Gasteiger partial charge in [-0.05, 0) is 71.1 Å². The molecule has 0 saturated carbocycles. The molecular weight excluding hydrogens is 518 g/mol. The molecule has 2 amide bonds. The molecular formula is C30H35N9O2. The van der Waals surface area contributed by atoms with E-state index in [-0.39, 0.29) is 23.9 Å². The van der Waals surface area contributed by atoms with Crippen molar-refractivity contribution in [3.05, 3.63) is 60.2 Å². The van der Waals surface area contributed by atoms with Crippen LogP contribution in [-0.4, -0.2) is 75.0 Å². The van der Waals surface area contributed by atoms with Gasteiger partial charge in [-0.3, -0.25) is 19.7 Å². The van der Waals surface area contributed by atoms with Crippen molar-refractivity contribution in [1.82, 2.24) is 30.0 Å². The van der Waals surface area contributed by atoms with E-state index in [1.807, 2.05) is 49.1 Å². The quantitative estimate of drug-likeness (QED) is 0.266. The first-order chi connectivity index (χ1) is 19.9. The molecule has 0 bridgehead atoms. The van der Waals surface area contributed by atoms with Crippen LogP contribution >= 0.6 is 0 Å². The molecule has 6 rings (SSSR count). The number of nitrogens with one attached hydrogen (secondary N) is 4. The SMILES string of the molecule is CCN(CC)C(=O)c1cccc2c1NC(c1[nH]nc3ncc(-c4cncc(NC(=O)C5CCN(C)CC5)c4)cc13)N2. The number of anilines is 3. The van der Waals surface area contributed by atoms with E-state index in [0.717, 1.165) is 59.5 Å². The van der Waals surface area contributed by atoms with Crippen LogP contribution in [0.15, 0.2) is 48.9 Å². The molecule has 41 heavy (non-hydrogen) atoms. The summed E-state index contributed by atoms with van der Waals surface area (Å²) in [6, 6.07) is 9.65. The van der Waals surface area contributed by atoms with Gasteiger partial charge in [0.15, 0.2) is 5.65 Å². The third-order valence-corrected chi connectivity index (χ3v) is 8.09.